The van der Waals surface area contributed by atoms with Crippen molar-refractivity contribution < 1.29 is 27.4 Å². The Bertz CT molecular complexity index is 1570. The van der Waals surface area contributed by atoms with Crippen LogP contribution < -0.4 is 10.2 Å². The molecular formula is C34H47N4O6S-. The third-order valence-corrected chi connectivity index (χ3v) is 8.29. The fraction of sp³-hybridized carbons (Fsp3) is 0.441. The third-order valence-electron chi connectivity index (χ3n) is 7.50. The Kier molecular flexibility index (Phi) is 13.7. The molecular weight excluding hydrogens is 592 g/mol. The third kappa shape index (κ3) is 8.68. The van der Waals surface area contributed by atoms with Crippen molar-refractivity contribution in [3.8, 4) is 0 Å². The maximum absolute atomic E-state index is 12.7. The van der Waals surface area contributed by atoms with E-state index in [-0.39, 0.29) is 18.5 Å². The summed E-state index contributed by atoms with van der Waals surface area (Å²) in [5.41, 5.74) is 2.33. The first-order valence-corrected chi connectivity index (χ1v) is 17.0. The normalized spacial score (nSPS) is 18.0. The summed E-state index contributed by atoms with van der Waals surface area (Å²) < 4.78 is 33.7. The highest BCUT2D eigenvalue weighted by atomic mass is 32.2. The molecule has 0 radical (unpaired) electrons. The van der Waals surface area contributed by atoms with Crippen LogP contribution in [-0.4, -0.2) is 79.6 Å². The summed E-state index contributed by atoms with van der Waals surface area (Å²) in [6, 6.07) is 11.4. The molecule has 0 unspecified atom stereocenters. The van der Waals surface area contributed by atoms with Crippen LogP contribution in [0.4, 0.5) is 10.5 Å². The van der Waals surface area contributed by atoms with Gasteiger partial charge in [0.2, 0.25) is 0 Å². The van der Waals surface area contributed by atoms with E-state index in [4.69, 9.17) is 0 Å². The monoisotopic (exact) mass is 639 g/mol. The minimum atomic E-state index is -4.35. The summed E-state index contributed by atoms with van der Waals surface area (Å²) in [7, 11) is -3.01. The Morgan fingerprint density at radius 3 is 2.09 bits per heavy atom. The molecule has 11 heteroatoms. The molecule has 1 N–H and O–H groups in total. The predicted octanol–water partition coefficient (Wildman–Crippen LogP) is 5.32. The maximum atomic E-state index is 12.7. The Morgan fingerprint density at radius 1 is 0.889 bits per heavy atom. The number of nitrogens with one attached hydrogen (secondary N) is 1. The molecule has 4 rings (SSSR count). The number of likely N-dealkylation sites (N-methyl/N-ethyl adjacent to an activating group) is 2. The van der Waals surface area contributed by atoms with Gasteiger partial charge in [0.25, 0.3) is 11.8 Å². The van der Waals surface area contributed by atoms with Gasteiger partial charge in [-0.2, -0.15) is 0 Å². The lowest BCUT2D eigenvalue weighted by atomic mass is 9.81. The molecule has 0 aromatic heterocycles. The molecule has 2 heterocycles. The van der Waals surface area contributed by atoms with Crippen molar-refractivity contribution in [3.63, 3.8) is 0 Å². The molecule has 4 amide bonds. The fourth-order valence-corrected chi connectivity index (χ4v) is 5.90. The summed E-state index contributed by atoms with van der Waals surface area (Å²) in [6.07, 6.45) is 6.71. The molecule has 0 atom stereocenters. The number of hydrogen-bond acceptors (Lipinski definition) is 8. The van der Waals surface area contributed by atoms with Crippen molar-refractivity contribution in [1.29, 1.82) is 0 Å². The maximum Gasteiger partial charge on any atom is 0.333 e. The average Bonchev–Trinajstić information content (AvgIpc) is 3.22. The Labute approximate surface area is 268 Å². The lowest BCUT2D eigenvalue weighted by molar-refractivity contribution is -0.135. The number of carbonyl (C=O) groups is 3. The Morgan fingerprint density at radius 2 is 1.51 bits per heavy atom. The van der Waals surface area contributed by atoms with E-state index in [2.05, 4.69) is 39.1 Å². The summed E-state index contributed by atoms with van der Waals surface area (Å²) in [6.45, 7) is 16.7. The number of allylic oxidation sites excluding steroid dienone is 5. The van der Waals surface area contributed by atoms with Crippen molar-refractivity contribution in [2.75, 3.05) is 43.9 Å². The molecule has 0 saturated carbocycles. The number of carbonyl (C=O) groups excluding carboxylic acids is 3. The van der Waals surface area contributed by atoms with Gasteiger partial charge in [-0.25, -0.2) is 13.2 Å². The molecule has 1 fully saturated rings. The number of nitrogens with zero attached hydrogens (tertiary/aromatic N) is 3. The standard InChI is InChI=1S/C28H31N3O6S.C4H11N.C2H6/c1-5-30-26(33)21(25(32)29(4)27(30)34)13-8-9-14-23-28(2,3)24-20-12-7-6-11-19(20)15-16-22(24)31(23)17-10-18-38(35,36)37;1-3-5-4-2;1-2/h6-9,11-16H,5,10,17-18H2,1-4H3,(H,35,36,37);5H,3-4H2,1-2H3;1-2H3/p-1. The second kappa shape index (κ2) is 16.5. The highest BCUT2D eigenvalue weighted by molar-refractivity contribution is 7.85. The van der Waals surface area contributed by atoms with Crippen molar-refractivity contribution in [3.05, 3.63) is 77.5 Å². The SMILES string of the molecule is CC.CCN1C(=O)C(=CC=CC=C2N(CCCS(=O)(=O)[O-])c3ccc4ccccc4c3C2(C)C)C(=O)N(C)C1=O.CCNCC. The second-order valence-electron chi connectivity index (χ2n) is 10.7. The molecule has 246 valence electrons. The Balaban J connectivity index is 0.000000917. The van der Waals surface area contributed by atoms with Crippen LogP contribution in [0.2, 0.25) is 0 Å². The van der Waals surface area contributed by atoms with E-state index in [1.54, 1.807) is 19.1 Å². The highest BCUT2D eigenvalue weighted by Crippen LogP contribution is 2.50. The average molecular weight is 640 g/mol. The number of anilines is 1. The van der Waals surface area contributed by atoms with Crippen LogP contribution >= 0.6 is 0 Å². The molecule has 2 aliphatic heterocycles. The predicted molar refractivity (Wildman–Crippen MR) is 180 cm³/mol. The number of imide groups is 2. The first kappa shape index (κ1) is 37.4. The van der Waals surface area contributed by atoms with Gasteiger partial charge in [-0.1, -0.05) is 84.0 Å². The van der Waals surface area contributed by atoms with E-state index < -0.39 is 39.1 Å². The summed E-state index contributed by atoms with van der Waals surface area (Å²) in [5.74, 6) is -1.77. The number of hydrogen-bond donors (Lipinski definition) is 1. The number of urea groups is 1. The van der Waals surface area contributed by atoms with E-state index in [1.165, 1.54) is 13.1 Å². The molecule has 45 heavy (non-hydrogen) atoms. The summed E-state index contributed by atoms with van der Waals surface area (Å²) >= 11 is 0. The molecule has 1 saturated heterocycles. The smallest absolute Gasteiger partial charge is 0.333 e. The van der Waals surface area contributed by atoms with Gasteiger partial charge < -0.3 is 14.8 Å². The van der Waals surface area contributed by atoms with Crippen molar-refractivity contribution >= 4 is 44.4 Å². The van der Waals surface area contributed by atoms with Crippen molar-refractivity contribution in [2.24, 2.45) is 0 Å². The minimum Gasteiger partial charge on any atom is -0.748 e. The van der Waals surface area contributed by atoms with Gasteiger partial charge in [0, 0.05) is 42.7 Å². The zero-order valence-corrected chi connectivity index (χ0v) is 28.5. The van der Waals surface area contributed by atoms with Gasteiger partial charge in [0.15, 0.2) is 0 Å². The van der Waals surface area contributed by atoms with E-state index in [1.807, 2.05) is 55.2 Å². The minimum absolute atomic E-state index is 0.110. The molecule has 0 aliphatic carbocycles. The number of barbiturate groups is 1. The molecule has 2 aromatic carbocycles. The van der Waals surface area contributed by atoms with E-state index >= 15 is 0 Å². The van der Waals surface area contributed by atoms with Crippen LogP contribution in [0.1, 0.15) is 60.5 Å². The molecule has 2 aliphatic rings. The highest BCUT2D eigenvalue weighted by Gasteiger charge is 2.41. The van der Waals surface area contributed by atoms with Crippen LogP contribution in [0.5, 0.6) is 0 Å². The van der Waals surface area contributed by atoms with E-state index in [0.29, 0.717) is 6.54 Å². The van der Waals surface area contributed by atoms with Crippen molar-refractivity contribution in [2.45, 2.75) is 60.3 Å². The number of rotatable bonds is 9. The number of fused-ring (bicyclic) bond motifs is 3. The molecule has 10 nitrogen and oxygen atoms in total. The van der Waals surface area contributed by atoms with Crippen LogP contribution in [0.25, 0.3) is 10.8 Å². The molecule has 2 aromatic rings. The van der Waals surface area contributed by atoms with Gasteiger partial charge >= 0.3 is 6.03 Å². The van der Waals surface area contributed by atoms with Crippen LogP contribution in [0.15, 0.2) is 72.0 Å². The summed E-state index contributed by atoms with van der Waals surface area (Å²) in [5, 5.41) is 5.27. The second-order valence-corrected chi connectivity index (χ2v) is 12.3. The molecule has 0 bridgehead atoms. The molecule has 0 spiro atoms. The lowest BCUT2D eigenvalue weighted by Crippen LogP contribution is -2.54. The quantitative estimate of drug-likeness (QED) is 0.222. The van der Waals surface area contributed by atoms with E-state index in [9.17, 15) is 27.4 Å². The topological polar surface area (TPSA) is 130 Å². The zero-order valence-electron chi connectivity index (χ0n) is 27.7. The van der Waals surface area contributed by atoms with Crippen LogP contribution in [0.3, 0.4) is 0 Å². The van der Waals surface area contributed by atoms with Gasteiger partial charge in [-0.15, -0.1) is 0 Å². The first-order valence-electron chi connectivity index (χ1n) is 15.5. The van der Waals surface area contributed by atoms with Gasteiger partial charge in [-0.05, 0) is 61.0 Å². The summed E-state index contributed by atoms with van der Waals surface area (Å²) in [4.78, 5) is 41.3. The Hall–Kier alpha value is -3.80. The number of amides is 4. The van der Waals surface area contributed by atoms with Crippen molar-refractivity contribution in [1.82, 2.24) is 15.1 Å². The van der Waals surface area contributed by atoms with Gasteiger partial charge in [-0.3, -0.25) is 19.4 Å². The lowest BCUT2D eigenvalue weighted by Gasteiger charge is -2.30. The number of benzene rings is 2. The van der Waals surface area contributed by atoms with Crippen LogP contribution in [-0.2, 0) is 25.1 Å². The van der Waals surface area contributed by atoms with Gasteiger partial charge in [0.05, 0.1) is 10.1 Å². The van der Waals surface area contributed by atoms with E-state index in [0.717, 1.165) is 50.6 Å². The first-order chi connectivity index (χ1) is 21.3. The van der Waals surface area contributed by atoms with Crippen LogP contribution in [0, 0.1) is 0 Å². The zero-order chi connectivity index (χ0) is 33.9. The van der Waals surface area contributed by atoms with Gasteiger partial charge in [0.1, 0.15) is 5.57 Å². The fourth-order valence-electron chi connectivity index (χ4n) is 5.42. The largest absolute Gasteiger partial charge is 0.748 e.